The number of ketones is 1. The molecule has 1 aromatic carbocycles. The summed E-state index contributed by atoms with van der Waals surface area (Å²) in [5, 5.41) is 0.996. The highest BCUT2D eigenvalue weighted by molar-refractivity contribution is 6.06. The number of carbonyl (C=O) groups is 1. The molecule has 2 heteroatoms. The average molecular weight is 211 g/mol. The molecule has 2 rings (SSSR count). The second kappa shape index (κ2) is 4.27. The van der Waals surface area contributed by atoms with Gasteiger partial charge in [0.2, 0.25) is 0 Å². The van der Waals surface area contributed by atoms with Gasteiger partial charge in [0.15, 0.2) is 5.78 Å². The first-order valence-corrected chi connectivity index (χ1v) is 5.21. The Balaban J connectivity index is 2.47. The molecule has 0 saturated heterocycles. The summed E-state index contributed by atoms with van der Waals surface area (Å²) in [6, 6.07) is 9.66. The van der Waals surface area contributed by atoms with Crippen LogP contribution in [0.25, 0.3) is 10.9 Å². The minimum Gasteiger partial charge on any atom is -0.289 e. The van der Waals surface area contributed by atoms with E-state index in [0.29, 0.717) is 5.56 Å². The highest BCUT2D eigenvalue weighted by Crippen LogP contribution is 2.13. The zero-order valence-electron chi connectivity index (χ0n) is 9.40. The van der Waals surface area contributed by atoms with E-state index in [1.165, 1.54) is 0 Å². The fourth-order valence-electron chi connectivity index (χ4n) is 1.55. The minimum absolute atomic E-state index is 0.0123. The summed E-state index contributed by atoms with van der Waals surface area (Å²) in [6.45, 7) is 3.82. The molecule has 0 unspecified atom stereocenters. The smallest absolute Gasteiger partial charge is 0.187 e. The fraction of sp³-hybridized carbons (Fsp3) is 0.143. The summed E-state index contributed by atoms with van der Waals surface area (Å²) < 4.78 is 0. The molecular formula is C14H13NO. The standard InChI is InChI=1S/C14H13NO/c1-10(2)7-14(16)12-8-11-5-3-4-6-13(11)15-9-12/h3-9H,1-2H3. The van der Waals surface area contributed by atoms with Gasteiger partial charge in [-0.15, -0.1) is 0 Å². The van der Waals surface area contributed by atoms with E-state index in [9.17, 15) is 4.79 Å². The molecule has 0 fully saturated rings. The van der Waals surface area contributed by atoms with Gasteiger partial charge in [-0.3, -0.25) is 9.78 Å². The minimum atomic E-state index is 0.0123. The number of pyridine rings is 1. The molecule has 0 atom stereocenters. The van der Waals surface area contributed by atoms with Gasteiger partial charge in [-0.25, -0.2) is 0 Å². The third-order valence-electron chi connectivity index (χ3n) is 2.29. The first kappa shape index (κ1) is 10.6. The molecule has 1 aromatic heterocycles. The third-order valence-corrected chi connectivity index (χ3v) is 2.29. The van der Waals surface area contributed by atoms with Crippen molar-refractivity contribution in [1.82, 2.24) is 4.98 Å². The Morgan fingerprint density at radius 1 is 1.25 bits per heavy atom. The quantitative estimate of drug-likeness (QED) is 0.563. The molecule has 0 spiro atoms. The van der Waals surface area contributed by atoms with Gasteiger partial charge in [0.1, 0.15) is 0 Å². The molecule has 0 saturated carbocycles. The Hall–Kier alpha value is -1.96. The van der Waals surface area contributed by atoms with Crippen molar-refractivity contribution in [2.45, 2.75) is 13.8 Å². The van der Waals surface area contributed by atoms with Crippen LogP contribution in [0.4, 0.5) is 0 Å². The SMILES string of the molecule is CC(C)=CC(=O)c1cnc2ccccc2c1. The monoisotopic (exact) mass is 211 g/mol. The van der Waals surface area contributed by atoms with Crippen LogP contribution in [0.15, 0.2) is 48.2 Å². The molecule has 80 valence electrons. The number of hydrogen-bond donors (Lipinski definition) is 0. The lowest BCUT2D eigenvalue weighted by molar-refractivity contribution is 0.104. The van der Waals surface area contributed by atoms with Crippen LogP contribution >= 0.6 is 0 Å². The Bertz CT molecular complexity index is 566. The van der Waals surface area contributed by atoms with E-state index in [0.717, 1.165) is 16.5 Å². The van der Waals surface area contributed by atoms with Crippen molar-refractivity contribution in [3.8, 4) is 0 Å². The molecule has 16 heavy (non-hydrogen) atoms. The number of para-hydroxylation sites is 1. The zero-order chi connectivity index (χ0) is 11.5. The molecule has 0 radical (unpaired) electrons. The molecule has 0 amide bonds. The van der Waals surface area contributed by atoms with Gasteiger partial charge in [-0.05, 0) is 32.1 Å². The second-order valence-corrected chi connectivity index (χ2v) is 4.00. The van der Waals surface area contributed by atoms with Gasteiger partial charge in [0.05, 0.1) is 5.52 Å². The molecule has 0 aliphatic rings. The molecule has 0 N–H and O–H groups in total. The average Bonchev–Trinajstić information content (AvgIpc) is 2.27. The van der Waals surface area contributed by atoms with Crippen LogP contribution in [0, 0.1) is 0 Å². The number of rotatable bonds is 2. The predicted octanol–water partition coefficient (Wildman–Crippen LogP) is 3.38. The lowest BCUT2D eigenvalue weighted by atomic mass is 10.1. The first-order chi connectivity index (χ1) is 7.66. The number of allylic oxidation sites excluding steroid dienone is 2. The molecule has 1 heterocycles. The summed E-state index contributed by atoms with van der Waals surface area (Å²) in [4.78, 5) is 16.0. The van der Waals surface area contributed by atoms with Crippen LogP contribution < -0.4 is 0 Å². The van der Waals surface area contributed by atoms with Crippen molar-refractivity contribution in [3.63, 3.8) is 0 Å². The van der Waals surface area contributed by atoms with E-state index >= 15 is 0 Å². The van der Waals surface area contributed by atoms with E-state index in [1.807, 2.05) is 44.2 Å². The van der Waals surface area contributed by atoms with Crippen molar-refractivity contribution in [3.05, 3.63) is 53.7 Å². The maximum Gasteiger partial charge on any atom is 0.187 e. The lowest BCUT2D eigenvalue weighted by Gasteiger charge is -1.99. The zero-order valence-corrected chi connectivity index (χ0v) is 9.40. The number of carbonyl (C=O) groups excluding carboxylic acids is 1. The van der Waals surface area contributed by atoms with Gasteiger partial charge in [-0.1, -0.05) is 23.8 Å². The van der Waals surface area contributed by atoms with Crippen molar-refractivity contribution in [2.24, 2.45) is 0 Å². The van der Waals surface area contributed by atoms with Gasteiger partial charge < -0.3 is 0 Å². The van der Waals surface area contributed by atoms with E-state index in [4.69, 9.17) is 0 Å². The number of hydrogen-bond acceptors (Lipinski definition) is 2. The molecule has 2 nitrogen and oxygen atoms in total. The Morgan fingerprint density at radius 2 is 2.00 bits per heavy atom. The maximum atomic E-state index is 11.8. The second-order valence-electron chi connectivity index (χ2n) is 4.00. The summed E-state index contributed by atoms with van der Waals surface area (Å²) in [7, 11) is 0. The molecule has 0 aliphatic heterocycles. The van der Waals surface area contributed by atoms with Crippen LogP contribution in [0.2, 0.25) is 0 Å². The van der Waals surface area contributed by atoms with Crippen LogP contribution in [0.1, 0.15) is 24.2 Å². The molecule has 2 aromatic rings. The topological polar surface area (TPSA) is 30.0 Å². The number of fused-ring (bicyclic) bond motifs is 1. The first-order valence-electron chi connectivity index (χ1n) is 5.21. The van der Waals surface area contributed by atoms with Crippen molar-refractivity contribution in [1.29, 1.82) is 0 Å². The van der Waals surface area contributed by atoms with Crippen molar-refractivity contribution < 1.29 is 4.79 Å². The largest absolute Gasteiger partial charge is 0.289 e. The van der Waals surface area contributed by atoms with E-state index in [2.05, 4.69) is 4.98 Å². The third kappa shape index (κ3) is 2.16. The van der Waals surface area contributed by atoms with Gasteiger partial charge in [0.25, 0.3) is 0 Å². The van der Waals surface area contributed by atoms with Crippen molar-refractivity contribution >= 4 is 16.7 Å². The van der Waals surface area contributed by atoms with E-state index in [1.54, 1.807) is 12.3 Å². The predicted molar refractivity (Wildman–Crippen MR) is 65.5 cm³/mol. The van der Waals surface area contributed by atoms with Gasteiger partial charge in [-0.2, -0.15) is 0 Å². The van der Waals surface area contributed by atoms with Crippen molar-refractivity contribution in [2.75, 3.05) is 0 Å². The molecular weight excluding hydrogens is 198 g/mol. The number of aromatic nitrogens is 1. The normalized spacial score (nSPS) is 10.1. The maximum absolute atomic E-state index is 11.8. The molecule has 0 bridgehead atoms. The summed E-state index contributed by atoms with van der Waals surface area (Å²) in [5.41, 5.74) is 2.55. The van der Waals surface area contributed by atoms with E-state index in [-0.39, 0.29) is 5.78 Å². The van der Waals surface area contributed by atoms with E-state index < -0.39 is 0 Å². The highest BCUT2D eigenvalue weighted by atomic mass is 16.1. The van der Waals surface area contributed by atoms with Gasteiger partial charge >= 0.3 is 0 Å². The summed E-state index contributed by atoms with van der Waals surface area (Å²) in [6.07, 6.45) is 3.26. The summed E-state index contributed by atoms with van der Waals surface area (Å²) >= 11 is 0. The fourth-order valence-corrected chi connectivity index (χ4v) is 1.55. The summed E-state index contributed by atoms with van der Waals surface area (Å²) in [5.74, 6) is 0.0123. The van der Waals surface area contributed by atoms with Crippen LogP contribution in [0.5, 0.6) is 0 Å². The highest BCUT2D eigenvalue weighted by Gasteiger charge is 2.03. The Morgan fingerprint density at radius 3 is 2.75 bits per heavy atom. The van der Waals surface area contributed by atoms with Crippen LogP contribution in [0.3, 0.4) is 0 Å². The number of benzene rings is 1. The van der Waals surface area contributed by atoms with Gasteiger partial charge in [0, 0.05) is 17.1 Å². The van der Waals surface area contributed by atoms with Crippen LogP contribution in [-0.4, -0.2) is 10.8 Å². The Kier molecular flexibility index (Phi) is 2.82. The number of nitrogens with zero attached hydrogens (tertiary/aromatic N) is 1. The molecule has 0 aliphatic carbocycles. The Labute approximate surface area is 94.6 Å². The van der Waals surface area contributed by atoms with Crippen LogP contribution in [-0.2, 0) is 0 Å². The lowest BCUT2D eigenvalue weighted by Crippen LogP contribution is -1.96.